The minimum Gasteiger partial charge on any atom is -0.449 e. The van der Waals surface area contributed by atoms with Crippen LogP contribution in [0.2, 0.25) is 0 Å². The zero-order valence-electron chi connectivity index (χ0n) is 13.9. The minimum absolute atomic E-state index is 0.229. The molecule has 0 spiro atoms. The van der Waals surface area contributed by atoms with E-state index in [0.717, 1.165) is 5.52 Å². The van der Waals surface area contributed by atoms with Gasteiger partial charge in [0, 0.05) is 20.1 Å². The van der Waals surface area contributed by atoms with Gasteiger partial charge in [-0.1, -0.05) is 5.21 Å². The second-order valence-corrected chi connectivity index (χ2v) is 5.32. The van der Waals surface area contributed by atoms with Crippen LogP contribution in [0.5, 0.6) is 0 Å². The lowest BCUT2D eigenvalue weighted by atomic mass is 10.2. The van der Waals surface area contributed by atoms with Crippen LogP contribution >= 0.6 is 0 Å². The second-order valence-electron chi connectivity index (χ2n) is 5.32. The second kappa shape index (κ2) is 7.55. The van der Waals surface area contributed by atoms with E-state index in [1.54, 1.807) is 29.9 Å². The van der Waals surface area contributed by atoms with E-state index in [9.17, 15) is 9.59 Å². The minimum atomic E-state index is -0.928. The molecule has 0 fully saturated rings. The summed E-state index contributed by atoms with van der Waals surface area (Å²) in [5.41, 5.74) is 1.73. The third kappa shape index (κ3) is 3.68. The lowest BCUT2D eigenvalue weighted by molar-refractivity contribution is -0.138. The van der Waals surface area contributed by atoms with Crippen molar-refractivity contribution in [3.05, 3.63) is 23.8 Å². The quantitative estimate of drug-likeness (QED) is 0.742. The van der Waals surface area contributed by atoms with Crippen molar-refractivity contribution in [3.8, 4) is 6.07 Å². The Balaban J connectivity index is 2.06. The van der Waals surface area contributed by atoms with Gasteiger partial charge >= 0.3 is 5.97 Å². The van der Waals surface area contributed by atoms with Gasteiger partial charge < -0.3 is 9.64 Å². The van der Waals surface area contributed by atoms with Gasteiger partial charge in [-0.25, -0.2) is 9.48 Å². The van der Waals surface area contributed by atoms with Gasteiger partial charge in [0.15, 0.2) is 6.10 Å². The van der Waals surface area contributed by atoms with Gasteiger partial charge in [-0.05, 0) is 32.0 Å². The maximum absolute atomic E-state index is 12.2. The number of nitriles is 1. The molecular weight excluding hydrogens is 310 g/mol. The number of hydrogen-bond acceptors (Lipinski definition) is 6. The number of aromatic nitrogens is 3. The Labute approximate surface area is 139 Å². The first-order valence-electron chi connectivity index (χ1n) is 7.64. The number of hydrogen-bond donors (Lipinski definition) is 0. The zero-order valence-corrected chi connectivity index (χ0v) is 13.9. The highest BCUT2D eigenvalue weighted by molar-refractivity contribution is 5.95. The fraction of sp³-hybridized carbons (Fsp3) is 0.438. The molecule has 1 atom stereocenters. The number of rotatable bonds is 6. The average Bonchev–Trinajstić information content (AvgIpc) is 3.00. The van der Waals surface area contributed by atoms with Crippen molar-refractivity contribution in [2.45, 2.75) is 32.9 Å². The van der Waals surface area contributed by atoms with E-state index in [1.165, 1.54) is 11.8 Å². The highest BCUT2D eigenvalue weighted by Gasteiger charge is 2.22. The molecule has 0 aliphatic carbocycles. The molecule has 1 aromatic heterocycles. The molecular formula is C16H19N5O3. The molecule has 1 heterocycles. The van der Waals surface area contributed by atoms with Crippen LogP contribution in [0.3, 0.4) is 0 Å². The van der Waals surface area contributed by atoms with Gasteiger partial charge in [-0.2, -0.15) is 5.26 Å². The van der Waals surface area contributed by atoms with E-state index < -0.39 is 12.1 Å². The SMILES string of the molecule is CCn1nnc2cc(C(=O)O[C@@H](C)C(=O)N(C)CCC#N)ccc21. The molecule has 0 radical (unpaired) electrons. The summed E-state index contributed by atoms with van der Waals surface area (Å²) in [6.45, 7) is 4.44. The molecule has 0 aliphatic heterocycles. The maximum Gasteiger partial charge on any atom is 0.338 e. The number of carbonyl (C=O) groups excluding carboxylic acids is 2. The van der Waals surface area contributed by atoms with Crippen LogP contribution in [0, 0.1) is 11.3 Å². The number of likely N-dealkylation sites (N-methyl/N-ethyl adjacent to an activating group) is 1. The first-order chi connectivity index (χ1) is 11.5. The van der Waals surface area contributed by atoms with Crippen LogP contribution in [0.15, 0.2) is 18.2 Å². The van der Waals surface area contributed by atoms with Crippen LogP contribution in [0.1, 0.15) is 30.6 Å². The summed E-state index contributed by atoms with van der Waals surface area (Å²) >= 11 is 0. The number of aryl methyl sites for hydroxylation is 1. The van der Waals surface area contributed by atoms with Gasteiger partial charge in [0.25, 0.3) is 5.91 Å². The summed E-state index contributed by atoms with van der Waals surface area (Å²) in [6.07, 6.45) is -0.699. The molecule has 0 saturated carbocycles. The van der Waals surface area contributed by atoms with Crippen molar-refractivity contribution in [1.29, 1.82) is 5.26 Å². The fourth-order valence-electron chi connectivity index (χ4n) is 2.25. The molecule has 0 N–H and O–H groups in total. The summed E-state index contributed by atoms with van der Waals surface area (Å²) in [4.78, 5) is 25.7. The Hall–Kier alpha value is -2.95. The van der Waals surface area contributed by atoms with Crippen LogP contribution in [0.25, 0.3) is 11.0 Å². The van der Waals surface area contributed by atoms with E-state index in [1.807, 2.05) is 13.0 Å². The van der Waals surface area contributed by atoms with Gasteiger partial charge in [-0.3, -0.25) is 4.79 Å². The summed E-state index contributed by atoms with van der Waals surface area (Å²) in [5.74, 6) is -0.950. The summed E-state index contributed by atoms with van der Waals surface area (Å²) in [5, 5.41) is 16.5. The third-order valence-electron chi connectivity index (χ3n) is 3.62. The van der Waals surface area contributed by atoms with Crippen LogP contribution in [0.4, 0.5) is 0 Å². The summed E-state index contributed by atoms with van der Waals surface area (Å²) < 4.78 is 6.94. The van der Waals surface area contributed by atoms with Gasteiger partial charge in [-0.15, -0.1) is 5.10 Å². The molecule has 0 unspecified atom stereocenters. The van der Waals surface area contributed by atoms with Gasteiger partial charge in [0.05, 0.1) is 23.6 Å². The number of esters is 1. The molecule has 0 aliphatic rings. The van der Waals surface area contributed by atoms with Crippen molar-refractivity contribution in [3.63, 3.8) is 0 Å². The number of benzene rings is 1. The lowest BCUT2D eigenvalue weighted by Gasteiger charge is -2.20. The van der Waals surface area contributed by atoms with Crippen LogP contribution < -0.4 is 0 Å². The average molecular weight is 329 g/mol. The van der Waals surface area contributed by atoms with E-state index in [4.69, 9.17) is 10.00 Å². The Morgan fingerprint density at radius 3 is 2.88 bits per heavy atom. The first-order valence-corrected chi connectivity index (χ1v) is 7.64. The van der Waals surface area contributed by atoms with E-state index in [0.29, 0.717) is 24.2 Å². The van der Waals surface area contributed by atoms with Crippen LogP contribution in [-0.4, -0.2) is 51.5 Å². The Morgan fingerprint density at radius 2 is 2.21 bits per heavy atom. The highest BCUT2D eigenvalue weighted by atomic mass is 16.5. The molecule has 8 heteroatoms. The monoisotopic (exact) mass is 329 g/mol. The zero-order chi connectivity index (χ0) is 17.7. The van der Waals surface area contributed by atoms with E-state index in [-0.39, 0.29) is 12.3 Å². The molecule has 1 aromatic carbocycles. The maximum atomic E-state index is 12.2. The summed E-state index contributed by atoms with van der Waals surface area (Å²) in [6, 6.07) is 6.93. The normalized spacial score (nSPS) is 11.8. The topological polar surface area (TPSA) is 101 Å². The molecule has 126 valence electrons. The Morgan fingerprint density at radius 1 is 1.46 bits per heavy atom. The number of ether oxygens (including phenoxy) is 1. The largest absolute Gasteiger partial charge is 0.449 e. The molecule has 0 bridgehead atoms. The van der Waals surface area contributed by atoms with Crippen molar-refractivity contribution in [1.82, 2.24) is 19.9 Å². The standard InChI is InChI=1S/C16H19N5O3/c1-4-21-14-7-6-12(10-13(14)18-19-21)16(23)24-11(2)15(22)20(3)9-5-8-17/h6-7,10-11H,4-5,9H2,1-3H3/t11-/m0/s1. The molecule has 0 saturated heterocycles. The predicted octanol–water partition coefficient (Wildman–Crippen LogP) is 1.37. The van der Waals surface area contributed by atoms with Crippen molar-refractivity contribution < 1.29 is 14.3 Å². The van der Waals surface area contributed by atoms with E-state index >= 15 is 0 Å². The summed E-state index contributed by atoms with van der Waals surface area (Å²) in [7, 11) is 1.57. The number of nitrogens with zero attached hydrogens (tertiary/aromatic N) is 5. The Kier molecular flexibility index (Phi) is 5.47. The Bertz CT molecular complexity index is 793. The van der Waals surface area contributed by atoms with Crippen molar-refractivity contribution in [2.24, 2.45) is 0 Å². The predicted molar refractivity (Wildman–Crippen MR) is 85.9 cm³/mol. The van der Waals surface area contributed by atoms with Crippen LogP contribution in [-0.2, 0) is 16.1 Å². The highest BCUT2D eigenvalue weighted by Crippen LogP contribution is 2.15. The van der Waals surface area contributed by atoms with Crippen molar-refractivity contribution in [2.75, 3.05) is 13.6 Å². The smallest absolute Gasteiger partial charge is 0.338 e. The first kappa shape index (κ1) is 17.4. The number of fused-ring (bicyclic) bond motifs is 1. The van der Waals surface area contributed by atoms with E-state index in [2.05, 4.69) is 10.3 Å². The third-order valence-corrected chi connectivity index (χ3v) is 3.62. The molecule has 2 aromatic rings. The molecule has 24 heavy (non-hydrogen) atoms. The molecule has 8 nitrogen and oxygen atoms in total. The lowest BCUT2D eigenvalue weighted by Crippen LogP contribution is -2.37. The fourth-order valence-corrected chi connectivity index (χ4v) is 2.25. The van der Waals surface area contributed by atoms with Gasteiger partial charge in [0.1, 0.15) is 5.52 Å². The molecule has 1 amide bonds. The van der Waals surface area contributed by atoms with Gasteiger partial charge in [0.2, 0.25) is 0 Å². The number of carbonyl (C=O) groups is 2. The number of amides is 1. The molecule has 2 rings (SSSR count). The van der Waals surface area contributed by atoms with Crippen molar-refractivity contribution >= 4 is 22.9 Å².